The number of likely N-dealkylation sites (tertiary alicyclic amines) is 1. The summed E-state index contributed by atoms with van der Waals surface area (Å²) in [5.74, 6) is 0.0729. The lowest BCUT2D eigenvalue weighted by molar-refractivity contribution is 0.0792. The molecule has 0 spiro atoms. The van der Waals surface area contributed by atoms with Crippen molar-refractivity contribution in [2.75, 3.05) is 13.1 Å². The molecule has 3 aromatic rings. The molecule has 1 aliphatic heterocycles. The number of nitrogens with zero attached hydrogens (tertiary/aromatic N) is 2. The summed E-state index contributed by atoms with van der Waals surface area (Å²) in [6, 6.07) is 15.4. The Bertz CT molecular complexity index is 1160. The van der Waals surface area contributed by atoms with E-state index in [1.165, 1.54) is 0 Å². The van der Waals surface area contributed by atoms with Crippen LogP contribution in [0.4, 0.5) is 0 Å². The van der Waals surface area contributed by atoms with E-state index in [0.717, 1.165) is 0 Å². The van der Waals surface area contributed by atoms with Crippen LogP contribution >= 0.6 is 11.6 Å². The van der Waals surface area contributed by atoms with E-state index in [-0.39, 0.29) is 17.3 Å². The van der Waals surface area contributed by atoms with Gasteiger partial charge in [0.2, 0.25) is 0 Å². The molecule has 6 nitrogen and oxygen atoms in total. The van der Waals surface area contributed by atoms with Crippen molar-refractivity contribution in [2.45, 2.75) is 23.5 Å². The summed E-state index contributed by atoms with van der Waals surface area (Å²) in [5.41, 5.74) is 1.28. The van der Waals surface area contributed by atoms with Crippen molar-refractivity contribution in [3.63, 3.8) is 0 Å². The van der Waals surface area contributed by atoms with E-state index in [1.807, 2.05) is 0 Å². The fourth-order valence-corrected chi connectivity index (χ4v) is 5.53. The quantitative estimate of drug-likeness (QED) is 0.625. The van der Waals surface area contributed by atoms with E-state index in [4.69, 9.17) is 16.1 Å². The van der Waals surface area contributed by atoms with Crippen molar-refractivity contribution in [3.05, 3.63) is 70.9 Å². The maximum atomic E-state index is 13.2. The van der Waals surface area contributed by atoms with Gasteiger partial charge in [-0.3, -0.25) is 4.79 Å². The Morgan fingerprint density at radius 3 is 2.55 bits per heavy atom. The number of benzene rings is 2. The SMILES string of the molecule is Cc1onc(-c2ccccc2Cl)c1C(=O)N1CC[C@H](S(=O)(=O)c2ccccc2)C1. The van der Waals surface area contributed by atoms with E-state index in [9.17, 15) is 13.2 Å². The second kappa shape index (κ2) is 7.65. The monoisotopic (exact) mass is 430 g/mol. The molecule has 1 aliphatic rings. The van der Waals surface area contributed by atoms with E-state index < -0.39 is 15.1 Å². The van der Waals surface area contributed by atoms with Gasteiger partial charge in [0.25, 0.3) is 5.91 Å². The van der Waals surface area contributed by atoms with Crippen LogP contribution in [0.3, 0.4) is 0 Å². The lowest BCUT2D eigenvalue weighted by Crippen LogP contribution is -2.32. The molecule has 2 aromatic carbocycles. The summed E-state index contributed by atoms with van der Waals surface area (Å²) in [6.07, 6.45) is 0.384. The Balaban J connectivity index is 1.61. The molecule has 1 aromatic heterocycles. The van der Waals surface area contributed by atoms with E-state index in [0.29, 0.717) is 40.6 Å². The maximum Gasteiger partial charge on any atom is 0.259 e. The molecule has 150 valence electrons. The number of rotatable bonds is 4. The van der Waals surface area contributed by atoms with Gasteiger partial charge in [-0.25, -0.2) is 8.42 Å². The average molecular weight is 431 g/mol. The molecule has 1 atom stereocenters. The maximum absolute atomic E-state index is 13.2. The van der Waals surface area contributed by atoms with Crippen molar-refractivity contribution < 1.29 is 17.7 Å². The van der Waals surface area contributed by atoms with Crippen LogP contribution in [0.1, 0.15) is 22.5 Å². The van der Waals surface area contributed by atoms with Crippen LogP contribution in [0.25, 0.3) is 11.3 Å². The molecule has 0 radical (unpaired) electrons. The predicted octanol–water partition coefficient (Wildman–Crippen LogP) is 3.99. The van der Waals surface area contributed by atoms with Gasteiger partial charge in [-0.1, -0.05) is 53.2 Å². The fraction of sp³-hybridized carbons (Fsp3) is 0.238. The molecule has 0 bridgehead atoms. The summed E-state index contributed by atoms with van der Waals surface area (Å²) < 4.78 is 31.1. The number of carbonyl (C=O) groups is 1. The molecule has 29 heavy (non-hydrogen) atoms. The number of aryl methyl sites for hydroxylation is 1. The zero-order chi connectivity index (χ0) is 20.6. The van der Waals surface area contributed by atoms with Gasteiger partial charge in [0.15, 0.2) is 9.84 Å². The molecule has 1 fully saturated rings. The molecule has 1 saturated heterocycles. The highest BCUT2D eigenvalue weighted by Gasteiger charge is 2.38. The third-order valence-corrected chi connectivity index (χ3v) is 7.67. The van der Waals surface area contributed by atoms with Crippen LogP contribution in [0.5, 0.6) is 0 Å². The molecular weight excluding hydrogens is 412 g/mol. The molecule has 0 unspecified atom stereocenters. The van der Waals surface area contributed by atoms with Gasteiger partial charge < -0.3 is 9.42 Å². The van der Waals surface area contributed by atoms with Gasteiger partial charge in [-0.15, -0.1) is 0 Å². The number of halogens is 1. The lowest BCUT2D eigenvalue weighted by atomic mass is 10.1. The first-order valence-electron chi connectivity index (χ1n) is 9.19. The first kappa shape index (κ1) is 19.7. The predicted molar refractivity (Wildman–Crippen MR) is 110 cm³/mol. The molecule has 4 rings (SSSR count). The van der Waals surface area contributed by atoms with Crippen molar-refractivity contribution in [1.82, 2.24) is 10.1 Å². The number of aromatic nitrogens is 1. The second-order valence-corrected chi connectivity index (χ2v) is 9.60. The van der Waals surface area contributed by atoms with E-state index >= 15 is 0 Å². The van der Waals surface area contributed by atoms with Crippen molar-refractivity contribution >= 4 is 27.3 Å². The van der Waals surface area contributed by atoms with Gasteiger partial charge in [-0.2, -0.15) is 0 Å². The summed E-state index contributed by atoms with van der Waals surface area (Å²) >= 11 is 6.27. The normalized spacial score (nSPS) is 16.9. The van der Waals surface area contributed by atoms with Crippen LogP contribution in [0.15, 0.2) is 64.0 Å². The highest BCUT2D eigenvalue weighted by Crippen LogP contribution is 2.33. The standard InChI is InChI=1S/C21H19ClN2O4S/c1-14-19(20(23-28-14)17-9-5-6-10-18(17)22)21(25)24-12-11-16(13-24)29(26,27)15-7-3-2-4-8-15/h2-10,16H,11-13H2,1H3/t16-/m0/s1. The Morgan fingerprint density at radius 1 is 1.14 bits per heavy atom. The number of hydrogen-bond donors (Lipinski definition) is 0. The Hall–Kier alpha value is -2.64. The Kier molecular flexibility index (Phi) is 5.19. The molecular formula is C21H19ClN2O4S. The molecule has 2 heterocycles. The zero-order valence-electron chi connectivity index (χ0n) is 15.7. The summed E-state index contributed by atoms with van der Waals surface area (Å²) in [6.45, 7) is 2.14. The minimum Gasteiger partial charge on any atom is -0.360 e. The molecule has 1 amide bonds. The van der Waals surface area contributed by atoms with E-state index in [1.54, 1.807) is 66.4 Å². The van der Waals surface area contributed by atoms with Gasteiger partial charge in [0, 0.05) is 18.7 Å². The van der Waals surface area contributed by atoms with Crippen LogP contribution < -0.4 is 0 Å². The Morgan fingerprint density at radius 2 is 1.83 bits per heavy atom. The summed E-state index contributed by atoms with van der Waals surface area (Å²) in [4.78, 5) is 15.1. The molecule has 0 aliphatic carbocycles. The number of carbonyl (C=O) groups excluding carboxylic acids is 1. The van der Waals surface area contributed by atoms with Crippen LogP contribution in [-0.4, -0.2) is 42.7 Å². The first-order valence-corrected chi connectivity index (χ1v) is 11.1. The van der Waals surface area contributed by atoms with Crippen LogP contribution in [0.2, 0.25) is 5.02 Å². The van der Waals surface area contributed by atoms with Gasteiger partial charge in [0.05, 0.1) is 15.2 Å². The highest BCUT2D eigenvalue weighted by atomic mass is 35.5. The lowest BCUT2D eigenvalue weighted by Gasteiger charge is -2.17. The average Bonchev–Trinajstić information content (AvgIpc) is 3.36. The molecule has 8 heteroatoms. The summed E-state index contributed by atoms with van der Waals surface area (Å²) in [5, 5.41) is 3.85. The first-order chi connectivity index (χ1) is 13.9. The third-order valence-electron chi connectivity index (χ3n) is 5.15. The van der Waals surface area contributed by atoms with Gasteiger partial charge >= 0.3 is 0 Å². The topological polar surface area (TPSA) is 80.5 Å². The second-order valence-electron chi connectivity index (χ2n) is 6.96. The van der Waals surface area contributed by atoms with Crippen molar-refractivity contribution in [3.8, 4) is 11.3 Å². The van der Waals surface area contributed by atoms with Crippen molar-refractivity contribution in [1.29, 1.82) is 0 Å². The molecule has 0 saturated carbocycles. The number of hydrogen-bond acceptors (Lipinski definition) is 5. The highest BCUT2D eigenvalue weighted by molar-refractivity contribution is 7.92. The largest absolute Gasteiger partial charge is 0.360 e. The smallest absolute Gasteiger partial charge is 0.259 e. The summed E-state index contributed by atoms with van der Waals surface area (Å²) in [7, 11) is -3.51. The van der Waals surface area contributed by atoms with Crippen LogP contribution in [-0.2, 0) is 9.84 Å². The van der Waals surface area contributed by atoms with Gasteiger partial charge in [-0.05, 0) is 31.5 Å². The molecule has 0 N–H and O–H groups in total. The fourth-order valence-electron chi connectivity index (χ4n) is 3.59. The number of sulfone groups is 1. The van der Waals surface area contributed by atoms with Gasteiger partial charge in [0.1, 0.15) is 17.0 Å². The minimum atomic E-state index is -3.51. The zero-order valence-corrected chi connectivity index (χ0v) is 17.3. The minimum absolute atomic E-state index is 0.128. The van der Waals surface area contributed by atoms with E-state index in [2.05, 4.69) is 5.16 Å². The third kappa shape index (κ3) is 3.56. The Labute approximate surface area is 174 Å². The van der Waals surface area contributed by atoms with Crippen molar-refractivity contribution in [2.24, 2.45) is 0 Å². The van der Waals surface area contributed by atoms with Crippen LogP contribution in [0, 0.1) is 6.92 Å². The number of amides is 1.